The minimum Gasteiger partial charge on any atom is -0.367 e. The summed E-state index contributed by atoms with van der Waals surface area (Å²) >= 11 is 6.40. The molecule has 1 fully saturated rings. The molecular weight excluding hydrogens is 446 g/mol. The summed E-state index contributed by atoms with van der Waals surface area (Å²) < 4.78 is 3.83. The zero-order valence-electron chi connectivity index (χ0n) is 19.7. The minimum atomic E-state index is -0.00678. The van der Waals surface area contributed by atoms with Gasteiger partial charge in [-0.1, -0.05) is 35.9 Å². The minimum absolute atomic E-state index is 0.00678. The number of para-hydroxylation sites is 1. The van der Waals surface area contributed by atoms with Crippen LogP contribution in [0.2, 0.25) is 5.02 Å². The molecule has 7 heteroatoms. The standard InChI is InChI=1S/C27H28ClN5O/c1-19-10-11-20(2)25(17-19)33-26(18-22(29-33)24-9-6-12-30(24)3)27(34)32-15-13-31(14-16-32)23-8-5-4-7-21(23)28/h4-12,17-18H,13-16H2,1-3H3. The first kappa shape index (κ1) is 22.3. The fourth-order valence-electron chi connectivity index (χ4n) is 4.54. The van der Waals surface area contributed by atoms with Gasteiger partial charge < -0.3 is 14.4 Å². The molecule has 0 saturated carbocycles. The maximum absolute atomic E-state index is 13.8. The third-order valence-corrected chi connectivity index (χ3v) is 6.81. The monoisotopic (exact) mass is 473 g/mol. The molecule has 0 spiro atoms. The van der Waals surface area contributed by atoms with E-state index >= 15 is 0 Å². The number of rotatable bonds is 4. The van der Waals surface area contributed by atoms with E-state index < -0.39 is 0 Å². The molecule has 3 heterocycles. The van der Waals surface area contributed by atoms with Gasteiger partial charge in [0.25, 0.3) is 5.91 Å². The van der Waals surface area contributed by atoms with E-state index in [4.69, 9.17) is 16.7 Å². The van der Waals surface area contributed by atoms with Gasteiger partial charge in [0.1, 0.15) is 11.4 Å². The summed E-state index contributed by atoms with van der Waals surface area (Å²) in [6.07, 6.45) is 1.99. The van der Waals surface area contributed by atoms with Crippen LogP contribution in [0, 0.1) is 13.8 Å². The van der Waals surface area contributed by atoms with Crippen LogP contribution in [0.3, 0.4) is 0 Å². The largest absolute Gasteiger partial charge is 0.367 e. The second-order valence-electron chi connectivity index (χ2n) is 8.85. The molecule has 6 nitrogen and oxygen atoms in total. The van der Waals surface area contributed by atoms with Gasteiger partial charge in [-0.2, -0.15) is 5.10 Å². The molecule has 174 valence electrons. The number of amides is 1. The van der Waals surface area contributed by atoms with Crippen LogP contribution in [-0.4, -0.2) is 51.3 Å². The predicted octanol–water partition coefficient (Wildman–Crippen LogP) is 5.11. The summed E-state index contributed by atoms with van der Waals surface area (Å²) in [6.45, 7) is 6.83. The third-order valence-electron chi connectivity index (χ3n) is 6.49. The number of carbonyl (C=O) groups is 1. The second kappa shape index (κ2) is 9.03. The van der Waals surface area contributed by atoms with E-state index in [1.807, 2.05) is 69.9 Å². The average molecular weight is 474 g/mol. The molecule has 4 aromatic rings. The lowest BCUT2D eigenvalue weighted by molar-refractivity contribution is 0.0737. The second-order valence-corrected chi connectivity index (χ2v) is 9.26. The molecule has 0 bridgehead atoms. The highest BCUT2D eigenvalue weighted by Gasteiger charge is 2.27. The SMILES string of the molecule is Cc1ccc(C)c(-n2nc(-c3cccn3C)cc2C(=O)N2CCN(c3ccccc3Cl)CC2)c1. The molecule has 1 aliphatic heterocycles. The highest BCUT2D eigenvalue weighted by atomic mass is 35.5. The van der Waals surface area contributed by atoms with Crippen molar-refractivity contribution >= 4 is 23.2 Å². The molecule has 2 aromatic heterocycles. The van der Waals surface area contributed by atoms with E-state index in [2.05, 4.69) is 36.9 Å². The van der Waals surface area contributed by atoms with Gasteiger partial charge in [0.15, 0.2) is 0 Å². The van der Waals surface area contributed by atoms with Crippen LogP contribution < -0.4 is 4.90 Å². The van der Waals surface area contributed by atoms with Gasteiger partial charge >= 0.3 is 0 Å². The molecule has 1 amide bonds. The van der Waals surface area contributed by atoms with Gasteiger partial charge in [-0.05, 0) is 61.4 Å². The zero-order chi connectivity index (χ0) is 23.8. The van der Waals surface area contributed by atoms with Crippen molar-refractivity contribution in [3.63, 3.8) is 0 Å². The van der Waals surface area contributed by atoms with Gasteiger partial charge in [-0.25, -0.2) is 4.68 Å². The number of halogens is 1. The van der Waals surface area contributed by atoms with Gasteiger partial charge in [0.2, 0.25) is 0 Å². The molecule has 0 atom stereocenters. The number of hydrogen-bond donors (Lipinski definition) is 0. The Kier molecular flexibility index (Phi) is 5.92. The van der Waals surface area contributed by atoms with E-state index in [0.29, 0.717) is 18.8 Å². The van der Waals surface area contributed by atoms with E-state index in [1.165, 1.54) is 0 Å². The Bertz CT molecular complexity index is 1350. The van der Waals surface area contributed by atoms with Gasteiger partial charge in [-0.15, -0.1) is 0 Å². The molecule has 0 N–H and O–H groups in total. The molecule has 0 aliphatic carbocycles. The number of nitrogens with zero attached hydrogens (tertiary/aromatic N) is 5. The van der Waals surface area contributed by atoms with Crippen molar-refractivity contribution in [3.8, 4) is 17.1 Å². The fraction of sp³-hybridized carbons (Fsp3) is 0.259. The van der Waals surface area contributed by atoms with Crippen LogP contribution in [-0.2, 0) is 7.05 Å². The van der Waals surface area contributed by atoms with Gasteiger partial charge in [0, 0.05) is 39.4 Å². The normalized spacial score (nSPS) is 14.0. The Morgan fingerprint density at radius 3 is 2.38 bits per heavy atom. The summed E-state index contributed by atoms with van der Waals surface area (Å²) in [6, 6.07) is 20.0. The first-order valence-electron chi connectivity index (χ1n) is 11.5. The first-order valence-corrected chi connectivity index (χ1v) is 11.9. The summed E-state index contributed by atoms with van der Waals surface area (Å²) in [5.74, 6) is -0.00678. The molecule has 0 radical (unpaired) electrons. The van der Waals surface area contributed by atoms with E-state index in [1.54, 1.807) is 0 Å². The highest BCUT2D eigenvalue weighted by Crippen LogP contribution is 2.28. The average Bonchev–Trinajstić information content (AvgIpc) is 3.47. The zero-order valence-corrected chi connectivity index (χ0v) is 20.5. The van der Waals surface area contributed by atoms with Crippen molar-refractivity contribution in [1.29, 1.82) is 0 Å². The van der Waals surface area contributed by atoms with Crippen molar-refractivity contribution in [2.24, 2.45) is 7.05 Å². The smallest absolute Gasteiger partial charge is 0.272 e. The van der Waals surface area contributed by atoms with Crippen LogP contribution in [0.1, 0.15) is 21.6 Å². The Labute approximate surface area is 205 Å². The predicted molar refractivity (Wildman–Crippen MR) is 137 cm³/mol. The molecule has 1 saturated heterocycles. The van der Waals surface area contributed by atoms with Crippen molar-refractivity contribution in [1.82, 2.24) is 19.2 Å². The lowest BCUT2D eigenvalue weighted by atomic mass is 10.1. The fourth-order valence-corrected chi connectivity index (χ4v) is 4.79. The van der Waals surface area contributed by atoms with Crippen LogP contribution in [0.25, 0.3) is 17.1 Å². The quantitative estimate of drug-likeness (QED) is 0.413. The third kappa shape index (κ3) is 4.10. The first-order chi connectivity index (χ1) is 16.4. The summed E-state index contributed by atoms with van der Waals surface area (Å²) in [5.41, 5.74) is 6.48. The topological polar surface area (TPSA) is 46.3 Å². The molecular formula is C27H28ClN5O. The number of aromatic nitrogens is 3. The number of anilines is 1. The highest BCUT2D eigenvalue weighted by molar-refractivity contribution is 6.33. The van der Waals surface area contributed by atoms with Crippen LogP contribution in [0.5, 0.6) is 0 Å². The van der Waals surface area contributed by atoms with Crippen molar-refractivity contribution < 1.29 is 4.79 Å². The summed E-state index contributed by atoms with van der Waals surface area (Å²) in [5, 5.41) is 5.63. The Morgan fingerprint density at radius 1 is 0.912 bits per heavy atom. The number of carbonyl (C=O) groups excluding carboxylic acids is 1. The number of aryl methyl sites for hydroxylation is 3. The van der Waals surface area contributed by atoms with Crippen molar-refractivity contribution in [2.75, 3.05) is 31.1 Å². The van der Waals surface area contributed by atoms with Crippen LogP contribution >= 0.6 is 11.6 Å². The van der Waals surface area contributed by atoms with Gasteiger partial charge in [-0.3, -0.25) is 4.79 Å². The maximum atomic E-state index is 13.8. The Morgan fingerprint density at radius 2 is 1.68 bits per heavy atom. The summed E-state index contributed by atoms with van der Waals surface area (Å²) in [4.78, 5) is 17.9. The van der Waals surface area contributed by atoms with E-state index in [9.17, 15) is 4.79 Å². The van der Waals surface area contributed by atoms with E-state index in [-0.39, 0.29) is 5.91 Å². The van der Waals surface area contributed by atoms with E-state index in [0.717, 1.165) is 52.0 Å². The van der Waals surface area contributed by atoms with Crippen LogP contribution in [0.15, 0.2) is 66.9 Å². The summed E-state index contributed by atoms with van der Waals surface area (Å²) in [7, 11) is 1.99. The number of hydrogen-bond acceptors (Lipinski definition) is 3. The van der Waals surface area contributed by atoms with Gasteiger partial charge in [0.05, 0.1) is 22.1 Å². The Hall–Kier alpha value is -3.51. The van der Waals surface area contributed by atoms with Crippen molar-refractivity contribution in [2.45, 2.75) is 13.8 Å². The molecule has 1 aliphatic rings. The molecule has 0 unspecified atom stereocenters. The molecule has 34 heavy (non-hydrogen) atoms. The molecule has 5 rings (SSSR count). The number of benzene rings is 2. The lowest BCUT2D eigenvalue weighted by Gasteiger charge is -2.36. The lowest BCUT2D eigenvalue weighted by Crippen LogP contribution is -2.49. The van der Waals surface area contributed by atoms with Crippen LogP contribution in [0.4, 0.5) is 5.69 Å². The maximum Gasteiger partial charge on any atom is 0.272 e. The van der Waals surface area contributed by atoms with Crippen molar-refractivity contribution in [3.05, 3.63) is 88.7 Å². The Balaban J connectivity index is 1.47. The molecule has 2 aromatic carbocycles. The number of piperazine rings is 1.